The fourth-order valence-electron chi connectivity index (χ4n) is 1.71. The summed E-state index contributed by atoms with van der Waals surface area (Å²) >= 11 is 0. The first kappa shape index (κ1) is 21.5. The van der Waals surface area contributed by atoms with E-state index in [9.17, 15) is 0 Å². The minimum absolute atomic E-state index is 0.988. The van der Waals surface area contributed by atoms with Crippen LogP contribution in [0.15, 0.2) is 38.0 Å². The van der Waals surface area contributed by atoms with Crippen LogP contribution < -0.4 is 0 Å². The molecule has 1 aliphatic rings. The molecule has 0 aromatic carbocycles. The van der Waals surface area contributed by atoms with Crippen LogP contribution in [0.25, 0.3) is 0 Å². The first-order valence-corrected chi connectivity index (χ1v) is 6.83. The van der Waals surface area contributed by atoms with Gasteiger partial charge < -0.3 is 0 Å². The Hall–Kier alpha value is -0.780. The average Bonchev–Trinajstić information content (AvgIpc) is 2.75. The molecule has 1 aliphatic carbocycles. The van der Waals surface area contributed by atoms with Gasteiger partial charge in [0.25, 0.3) is 0 Å². The van der Waals surface area contributed by atoms with Crippen molar-refractivity contribution in [1.29, 1.82) is 0 Å². The van der Waals surface area contributed by atoms with E-state index in [1.54, 1.807) is 6.08 Å². The van der Waals surface area contributed by atoms with Gasteiger partial charge in [-0.05, 0) is 26.2 Å². The second-order valence-corrected chi connectivity index (χ2v) is 4.43. The number of allylic oxidation sites excluding steroid dienone is 2. The van der Waals surface area contributed by atoms with E-state index < -0.39 is 0 Å². The molecular weight excluding hydrogens is 204 g/mol. The summed E-state index contributed by atoms with van der Waals surface area (Å²) in [6.07, 6.45) is 10.1. The van der Waals surface area contributed by atoms with Gasteiger partial charge in [0.15, 0.2) is 0 Å². The van der Waals surface area contributed by atoms with Crippen molar-refractivity contribution < 1.29 is 0 Å². The fraction of sp³-hybridized carbons (Fsp3) is 0.647. The predicted molar refractivity (Wildman–Crippen MR) is 84.5 cm³/mol. The van der Waals surface area contributed by atoms with E-state index in [0.717, 1.165) is 5.92 Å². The Bertz CT molecular complexity index is 149. The summed E-state index contributed by atoms with van der Waals surface area (Å²) in [5.74, 6) is 0.988. The summed E-state index contributed by atoms with van der Waals surface area (Å²) in [6.45, 7) is 21.6. The maximum Gasteiger partial charge on any atom is -0.0297 e. The van der Waals surface area contributed by atoms with Gasteiger partial charge in [0, 0.05) is 0 Å². The molecule has 0 bridgehead atoms. The molecule has 1 rings (SSSR count). The molecule has 1 fully saturated rings. The van der Waals surface area contributed by atoms with E-state index in [1.165, 1.54) is 44.1 Å². The fourth-order valence-corrected chi connectivity index (χ4v) is 1.71. The van der Waals surface area contributed by atoms with Gasteiger partial charge in [0.2, 0.25) is 0 Å². The number of hydrogen-bond donors (Lipinski definition) is 0. The van der Waals surface area contributed by atoms with Crippen LogP contribution in [0.1, 0.15) is 66.2 Å². The van der Waals surface area contributed by atoms with Crippen molar-refractivity contribution in [2.75, 3.05) is 0 Å². The zero-order valence-electron chi connectivity index (χ0n) is 12.7. The topological polar surface area (TPSA) is 0 Å². The maximum absolute atomic E-state index is 3.92. The molecule has 0 nitrogen and oxygen atoms in total. The van der Waals surface area contributed by atoms with Crippen LogP contribution in [-0.4, -0.2) is 0 Å². The van der Waals surface area contributed by atoms with Crippen LogP contribution in [0, 0.1) is 5.92 Å². The van der Waals surface area contributed by atoms with E-state index in [-0.39, 0.29) is 0 Å². The first-order chi connectivity index (χ1) is 8.12. The van der Waals surface area contributed by atoms with E-state index >= 15 is 0 Å². The molecule has 0 aromatic rings. The number of hydrogen-bond acceptors (Lipinski definition) is 0. The molecule has 17 heavy (non-hydrogen) atoms. The Labute approximate surface area is 111 Å². The van der Waals surface area contributed by atoms with Gasteiger partial charge in [-0.15, -0.1) is 26.3 Å². The van der Waals surface area contributed by atoms with Crippen LogP contribution in [-0.2, 0) is 0 Å². The van der Waals surface area contributed by atoms with E-state index in [4.69, 9.17) is 0 Å². The van der Waals surface area contributed by atoms with Gasteiger partial charge in [-0.25, -0.2) is 0 Å². The molecular formula is C17H34. The maximum atomic E-state index is 3.92. The van der Waals surface area contributed by atoms with Crippen LogP contribution in [0.5, 0.6) is 0 Å². The third kappa shape index (κ3) is 25.5. The van der Waals surface area contributed by atoms with Crippen molar-refractivity contribution in [2.45, 2.75) is 66.2 Å². The third-order valence-electron chi connectivity index (χ3n) is 2.11. The highest BCUT2D eigenvalue weighted by molar-refractivity contribution is 4.91. The average molecular weight is 238 g/mol. The molecule has 0 aliphatic heterocycles. The molecule has 1 saturated carbocycles. The first-order valence-electron chi connectivity index (χ1n) is 6.83. The molecule has 0 unspecified atom stereocenters. The standard InChI is InChI=1S/C9H16.C3H8.C3H6.C2H4/c1-8(2)7-9-5-3-4-6-9;2*1-3-2;1-2/h9H,1,3-7H2,2H3;3H2,1-2H3;3H,1H2,2H3;1-2H2. The van der Waals surface area contributed by atoms with Crippen LogP contribution in [0.2, 0.25) is 0 Å². The Balaban J connectivity index is -0.000000207. The van der Waals surface area contributed by atoms with Crippen molar-refractivity contribution in [3.63, 3.8) is 0 Å². The molecule has 0 amide bonds. The molecule has 0 atom stereocenters. The molecule has 102 valence electrons. The second-order valence-electron chi connectivity index (χ2n) is 4.43. The SMILES string of the molecule is C=C.C=C(C)CC1CCCC1.C=CC.CCC. The minimum Gasteiger partial charge on any atom is -0.106 e. The van der Waals surface area contributed by atoms with E-state index in [1.807, 2.05) is 6.92 Å². The Morgan fingerprint density at radius 2 is 1.47 bits per heavy atom. The van der Waals surface area contributed by atoms with Crippen LogP contribution in [0.3, 0.4) is 0 Å². The molecule has 0 heteroatoms. The van der Waals surface area contributed by atoms with Gasteiger partial charge in [-0.1, -0.05) is 57.6 Å². The molecule has 0 spiro atoms. The highest BCUT2D eigenvalue weighted by atomic mass is 14.2. The quantitative estimate of drug-likeness (QED) is 0.478. The molecule has 0 N–H and O–H groups in total. The lowest BCUT2D eigenvalue weighted by Gasteiger charge is -2.06. The monoisotopic (exact) mass is 238 g/mol. The normalized spacial score (nSPS) is 12.9. The molecule has 0 saturated heterocycles. The van der Waals surface area contributed by atoms with Crippen molar-refractivity contribution in [1.82, 2.24) is 0 Å². The summed E-state index contributed by atoms with van der Waals surface area (Å²) in [6, 6.07) is 0. The highest BCUT2D eigenvalue weighted by Gasteiger charge is 2.13. The van der Waals surface area contributed by atoms with E-state index in [0.29, 0.717) is 0 Å². The lowest BCUT2D eigenvalue weighted by Crippen LogP contribution is -1.91. The minimum atomic E-state index is 0.988. The van der Waals surface area contributed by atoms with Gasteiger partial charge in [0.1, 0.15) is 0 Å². The van der Waals surface area contributed by atoms with Crippen molar-refractivity contribution in [3.05, 3.63) is 38.0 Å². The van der Waals surface area contributed by atoms with Crippen molar-refractivity contribution >= 4 is 0 Å². The van der Waals surface area contributed by atoms with Crippen LogP contribution in [0.4, 0.5) is 0 Å². The molecule has 0 heterocycles. The van der Waals surface area contributed by atoms with Gasteiger partial charge in [-0.3, -0.25) is 0 Å². The Morgan fingerprint density at radius 1 is 1.18 bits per heavy atom. The van der Waals surface area contributed by atoms with Gasteiger partial charge in [0.05, 0.1) is 0 Å². The number of rotatable bonds is 2. The summed E-state index contributed by atoms with van der Waals surface area (Å²) in [5.41, 5.74) is 1.36. The lowest BCUT2D eigenvalue weighted by atomic mass is 10.0. The Morgan fingerprint density at radius 3 is 1.71 bits per heavy atom. The predicted octanol–water partition coefficient (Wildman–Crippen LogP) is 6.55. The summed E-state index contributed by atoms with van der Waals surface area (Å²) in [7, 11) is 0. The summed E-state index contributed by atoms with van der Waals surface area (Å²) in [5, 5.41) is 0. The lowest BCUT2D eigenvalue weighted by molar-refractivity contribution is 0.544. The highest BCUT2D eigenvalue weighted by Crippen LogP contribution is 2.29. The summed E-state index contributed by atoms with van der Waals surface area (Å²) < 4.78 is 0. The largest absolute Gasteiger partial charge is 0.106 e. The van der Waals surface area contributed by atoms with E-state index in [2.05, 4.69) is 47.1 Å². The zero-order valence-corrected chi connectivity index (χ0v) is 12.7. The smallest absolute Gasteiger partial charge is 0.0297 e. The van der Waals surface area contributed by atoms with Crippen LogP contribution >= 0.6 is 0 Å². The van der Waals surface area contributed by atoms with Gasteiger partial charge >= 0.3 is 0 Å². The molecule has 0 radical (unpaired) electrons. The van der Waals surface area contributed by atoms with Gasteiger partial charge in [-0.2, -0.15) is 0 Å². The zero-order chi connectivity index (χ0) is 14.1. The van der Waals surface area contributed by atoms with Crippen molar-refractivity contribution in [2.24, 2.45) is 5.92 Å². The molecule has 0 aromatic heterocycles. The Kier molecular flexibility index (Phi) is 26.1. The summed E-state index contributed by atoms with van der Waals surface area (Å²) in [4.78, 5) is 0. The second kappa shape index (κ2) is 20.6. The van der Waals surface area contributed by atoms with Crippen molar-refractivity contribution in [3.8, 4) is 0 Å². The third-order valence-corrected chi connectivity index (χ3v) is 2.11.